The van der Waals surface area contributed by atoms with Crippen molar-refractivity contribution in [3.63, 3.8) is 0 Å². The summed E-state index contributed by atoms with van der Waals surface area (Å²) in [6, 6.07) is 0. The van der Waals surface area contributed by atoms with Crippen LogP contribution in [0.2, 0.25) is 0 Å². The molecule has 0 bridgehead atoms. The Hall–Kier alpha value is -1.32. The summed E-state index contributed by atoms with van der Waals surface area (Å²) in [6.07, 6.45) is 1.13. The third-order valence-corrected chi connectivity index (χ3v) is 2.80. The minimum atomic E-state index is -0.309. The number of aromatic amines is 1. The number of rotatable bonds is 3. The first-order valence-corrected chi connectivity index (χ1v) is 5.37. The van der Waals surface area contributed by atoms with Gasteiger partial charge in [0.05, 0.1) is 12.3 Å². The SMILES string of the molecule is CCOC(=O)c1nc(C)[nH]c1C1CC1C. The molecule has 0 aromatic carbocycles. The molecule has 4 heteroatoms. The van der Waals surface area contributed by atoms with Crippen LogP contribution in [0.4, 0.5) is 0 Å². The predicted octanol–water partition coefficient (Wildman–Crippen LogP) is 2.02. The van der Waals surface area contributed by atoms with Gasteiger partial charge in [0, 0.05) is 5.92 Å². The van der Waals surface area contributed by atoms with Crippen LogP contribution in [0.25, 0.3) is 0 Å². The first-order chi connectivity index (χ1) is 7.13. The Bertz CT molecular complexity index is 384. The number of ether oxygens (including phenoxy) is 1. The van der Waals surface area contributed by atoms with Gasteiger partial charge < -0.3 is 9.72 Å². The third kappa shape index (κ3) is 1.89. The summed E-state index contributed by atoms with van der Waals surface area (Å²) in [4.78, 5) is 19.0. The van der Waals surface area contributed by atoms with Crippen LogP contribution in [0.15, 0.2) is 0 Å². The largest absolute Gasteiger partial charge is 0.461 e. The van der Waals surface area contributed by atoms with Gasteiger partial charge >= 0.3 is 5.97 Å². The molecule has 2 atom stereocenters. The van der Waals surface area contributed by atoms with E-state index in [4.69, 9.17) is 4.74 Å². The van der Waals surface area contributed by atoms with Crippen LogP contribution in [0.1, 0.15) is 48.2 Å². The summed E-state index contributed by atoms with van der Waals surface area (Å²) in [5.74, 6) is 1.59. The maximum atomic E-state index is 11.6. The highest BCUT2D eigenvalue weighted by molar-refractivity contribution is 5.89. The van der Waals surface area contributed by atoms with Crippen LogP contribution >= 0.6 is 0 Å². The van der Waals surface area contributed by atoms with Crippen LogP contribution in [-0.2, 0) is 4.74 Å². The van der Waals surface area contributed by atoms with E-state index in [0.717, 1.165) is 17.9 Å². The number of nitrogens with zero attached hydrogens (tertiary/aromatic N) is 1. The number of hydrogen-bond donors (Lipinski definition) is 1. The van der Waals surface area contributed by atoms with Gasteiger partial charge in [-0.1, -0.05) is 6.92 Å². The van der Waals surface area contributed by atoms with E-state index in [1.54, 1.807) is 6.92 Å². The second kappa shape index (κ2) is 3.68. The molecule has 15 heavy (non-hydrogen) atoms. The zero-order chi connectivity index (χ0) is 11.0. The molecule has 4 nitrogen and oxygen atoms in total. The Balaban J connectivity index is 2.25. The molecule has 1 aliphatic rings. The predicted molar refractivity (Wildman–Crippen MR) is 55.8 cm³/mol. The molecular formula is C11H16N2O2. The van der Waals surface area contributed by atoms with E-state index in [1.165, 1.54) is 0 Å². The molecular weight excluding hydrogens is 192 g/mol. The first kappa shape index (κ1) is 10.2. The molecule has 0 aliphatic heterocycles. The molecule has 2 rings (SSSR count). The Labute approximate surface area is 89.0 Å². The van der Waals surface area contributed by atoms with E-state index in [-0.39, 0.29) is 5.97 Å². The van der Waals surface area contributed by atoms with E-state index in [2.05, 4.69) is 16.9 Å². The minimum absolute atomic E-state index is 0.309. The summed E-state index contributed by atoms with van der Waals surface area (Å²) >= 11 is 0. The van der Waals surface area contributed by atoms with Gasteiger partial charge in [-0.05, 0) is 26.2 Å². The molecule has 0 spiro atoms. The van der Waals surface area contributed by atoms with Crippen molar-refractivity contribution in [2.45, 2.75) is 33.1 Å². The normalized spacial score (nSPS) is 23.9. The van der Waals surface area contributed by atoms with Gasteiger partial charge in [0.25, 0.3) is 0 Å². The molecule has 1 aromatic rings. The first-order valence-electron chi connectivity index (χ1n) is 5.37. The second-order valence-electron chi connectivity index (χ2n) is 4.12. The van der Waals surface area contributed by atoms with Gasteiger partial charge in [0.15, 0.2) is 5.69 Å². The molecule has 0 saturated heterocycles. The maximum absolute atomic E-state index is 11.6. The molecule has 1 aliphatic carbocycles. The fraction of sp³-hybridized carbons (Fsp3) is 0.636. The highest BCUT2D eigenvalue weighted by Gasteiger charge is 2.39. The summed E-state index contributed by atoms with van der Waals surface area (Å²) < 4.78 is 4.97. The Morgan fingerprint density at radius 2 is 2.33 bits per heavy atom. The molecule has 82 valence electrons. The number of H-pyrrole nitrogens is 1. The number of carbonyl (C=O) groups is 1. The summed E-state index contributed by atoms with van der Waals surface area (Å²) in [6.45, 7) is 6.23. The van der Waals surface area contributed by atoms with Gasteiger partial charge in [0.2, 0.25) is 0 Å². The van der Waals surface area contributed by atoms with Crippen molar-refractivity contribution in [2.75, 3.05) is 6.61 Å². The highest BCUT2D eigenvalue weighted by Crippen LogP contribution is 2.47. The summed E-state index contributed by atoms with van der Waals surface area (Å²) in [5.41, 5.74) is 1.43. The Kier molecular flexibility index (Phi) is 2.50. The lowest BCUT2D eigenvalue weighted by Crippen LogP contribution is -2.08. The molecule has 1 fully saturated rings. The second-order valence-corrected chi connectivity index (χ2v) is 4.12. The topological polar surface area (TPSA) is 55.0 Å². The number of nitrogens with one attached hydrogen (secondary N) is 1. The number of carbonyl (C=O) groups excluding carboxylic acids is 1. The molecule has 1 aromatic heterocycles. The van der Waals surface area contributed by atoms with E-state index < -0.39 is 0 Å². The van der Waals surface area contributed by atoms with Crippen molar-refractivity contribution < 1.29 is 9.53 Å². The van der Waals surface area contributed by atoms with Crippen molar-refractivity contribution in [3.8, 4) is 0 Å². The maximum Gasteiger partial charge on any atom is 0.358 e. The lowest BCUT2D eigenvalue weighted by atomic mass is 10.2. The van der Waals surface area contributed by atoms with E-state index in [9.17, 15) is 4.79 Å². The number of aromatic nitrogens is 2. The molecule has 0 amide bonds. The molecule has 1 N–H and O–H groups in total. The van der Waals surface area contributed by atoms with Crippen molar-refractivity contribution >= 4 is 5.97 Å². The van der Waals surface area contributed by atoms with E-state index in [0.29, 0.717) is 24.1 Å². The van der Waals surface area contributed by atoms with Crippen LogP contribution in [-0.4, -0.2) is 22.5 Å². The summed E-state index contributed by atoms with van der Waals surface area (Å²) in [5, 5.41) is 0. The van der Waals surface area contributed by atoms with Gasteiger partial charge in [-0.15, -0.1) is 0 Å². The molecule has 1 heterocycles. The zero-order valence-corrected chi connectivity index (χ0v) is 9.33. The fourth-order valence-electron chi connectivity index (χ4n) is 1.86. The summed E-state index contributed by atoms with van der Waals surface area (Å²) in [7, 11) is 0. The average molecular weight is 208 g/mol. The van der Waals surface area contributed by atoms with Crippen molar-refractivity contribution in [1.29, 1.82) is 0 Å². The number of hydrogen-bond acceptors (Lipinski definition) is 3. The number of esters is 1. The molecule has 2 unspecified atom stereocenters. The van der Waals surface area contributed by atoms with Gasteiger partial charge in [0.1, 0.15) is 5.82 Å². The lowest BCUT2D eigenvalue weighted by Gasteiger charge is -2.00. The zero-order valence-electron chi connectivity index (χ0n) is 9.33. The number of aryl methyl sites for hydroxylation is 1. The van der Waals surface area contributed by atoms with Gasteiger partial charge in [-0.2, -0.15) is 0 Å². The van der Waals surface area contributed by atoms with E-state index >= 15 is 0 Å². The van der Waals surface area contributed by atoms with Crippen LogP contribution in [0.3, 0.4) is 0 Å². The average Bonchev–Trinajstić information content (AvgIpc) is 2.75. The van der Waals surface area contributed by atoms with Crippen molar-refractivity contribution in [2.24, 2.45) is 5.92 Å². The van der Waals surface area contributed by atoms with Crippen LogP contribution in [0.5, 0.6) is 0 Å². The van der Waals surface area contributed by atoms with Crippen LogP contribution in [0, 0.1) is 12.8 Å². The number of imidazole rings is 1. The smallest absolute Gasteiger partial charge is 0.358 e. The van der Waals surface area contributed by atoms with Gasteiger partial charge in [-0.25, -0.2) is 9.78 Å². The van der Waals surface area contributed by atoms with E-state index in [1.807, 2.05) is 6.92 Å². The molecule has 1 saturated carbocycles. The fourth-order valence-corrected chi connectivity index (χ4v) is 1.86. The quantitative estimate of drug-likeness (QED) is 0.773. The lowest BCUT2D eigenvalue weighted by molar-refractivity contribution is 0.0518. The Morgan fingerprint density at radius 3 is 2.87 bits per heavy atom. The monoisotopic (exact) mass is 208 g/mol. The van der Waals surface area contributed by atoms with Gasteiger partial charge in [-0.3, -0.25) is 0 Å². The minimum Gasteiger partial charge on any atom is -0.461 e. The third-order valence-electron chi connectivity index (χ3n) is 2.80. The standard InChI is InChI=1S/C11H16N2O2/c1-4-15-11(14)10-9(8-5-6(8)2)12-7(3)13-10/h6,8H,4-5H2,1-3H3,(H,12,13). The van der Waals surface area contributed by atoms with Crippen molar-refractivity contribution in [1.82, 2.24) is 9.97 Å². The van der Waals surface area contributed by atoms with Crippen LogP contribution < -0.4 is 0 Å². The Morgan fingerprint density at radius 1 is 1.67 bits per heavy atom. The highest BCUT2D eigenvalue weighted by atomic mass is 16.5. The van der Waals surface area contributed by atoms with Crippen molar-refractivity contribution in [3.05, 3.63) is 17.2 Å². The molecule has 0 radical (unpaired) electrons.